The van der Waals surface area contributed by atoms with Crippen LogP contribution in [0.2, 0.25) is 0 Å². The van der Waals surface area contributed by atoms with Gasteiger partial charge in [0.2, 0.25) is 0 Å². The second-order valence-corrected chi connectivity index (χ2v) is 4.33. The molecule has 6 nitrogen and oxygen atoms in total. The topological polar surface area (TPSA) is 86.2 Å². The fourth-order valence-electron chi connectivity index (χ4n) is 1.09. The van der Waals surface area contributed by atoms with Gasteiger partial charge in [-0.2, -0.15) is 5.10 Å². The van der Waals surface area contributed by atoms with Crippen LogP contribution in [0.4, 0.5) is 0 Å². The first-order valence-electron chi connectivity index (χ1n) is 4.55. The van der Waals surface area contributed by atoms with Gasteiger partial charge in [-0.1, -0.05) is 11.8 Å². The van der Waals surface area contributed by atoms with Gasteiger partial charge in [-0.3, -0.25) is 0 Å². The number of hydrogen-bond donors (Lipinski definition) is 2. The lowest BCUT2D eigenvalue weighted by atomic mass is 10.2. The number of aromatic nitrogens is 3. The molecule has 0 aliphatic rings. The summed E-state index contributed by atoms with van der Waals surface area (Å²) in [5.74, 6) is 0. The lowest BCUT2D eigenvalue weighted by molar-refractivity contribution is 0.167. The zero-order valence-electron chi connectivity index (χ0n) is 8.83. The van der Waals surface area contributed by atoms with Gasteiger partial charge in [-0.25, -0.2) is 9.67 Å². The molecule has 1 aromatic rings. The molecule has 2 atom stereocenters. The average Bonchev–Trinajstić information content (AvgIpc) is 2.61. The molecule has 3 N–H and O–H groups in total. The van der Waals surface area contributed by atoms with Crippen LogP contribution in [-0.4, -0.2) is 51.5 Å². The second kappa shape index (κ2) is 6.06. The van der Waals surface area contributed by atoms with Crippen LogP contribution in [0.1, 0.15) is 0 Å². The quantitative estimate of drug-likeness (QED) is 0.627. The van der Waals surface area contributed by atoms with Crippen molar-refractivity contribution in [1.82, 2.24) is 14.8 Å². The molecule has 0 spiro atoms. The van der Waals surface area contributed by atoms with Crippen LogP contribution in [0.3, 0.4) is 0 Å². The van der Waals surface area contributed by atoms with E-state index in [1.807, 2.05) is 0 Å². The Labute approximate surface area is 92.8 Å². The minimum atomic E-state index is -0.221. The van der Waals surface area contributed by atoms with E-state index in [1.54, 1.807) is 18.8 Å². The van der Waals surface area contributed by atoms with Crippen LogP contribution in [-0.2, 0) is 11.8 Å². The minimum Gasteiger partial charge on any atom is -0.395 e. The van der Waals surface area contributed by atoms with E-state index in [4.69, 9.17) is 10.5 Å². The number of nitrogens with two attached hydrogens (primary N) is 1. The predicted octanol–water partition coefficient (Wildman–Crippen LogP) is -0.758. The van der Waals surface area contributed by atoms with E-state index < -0.39 is 0 Å². The van der Waals surface area contributed by atoms with Gasteiger partial charge in [0.05, 0.1) is 18.5 Å². The molecule has 0 fully saturated rings. The highest BCUT2D eigenvalue weighted by Crippen LogP contribution is 2.21. The van der Waals surface area contributed by atoms with Gasteiger partial charge < -0.3 is 15.6 Å². The molecule has 0 bridgehead atoms. The smallest absolute Gasteiger partial charge is 0.186 e. The summed E-state index contributed by atoms with van der Waals surface area (Å²) in [6.45, 7) is 0.401. The molecule has 86 valence electrons. The highest BCUT2D eigenvalue weighted by Gasteiger charge is 2.20. The number of methoxy groups -OCH3 is 1. The van der Waals surface area contributed by atoms with E-state index in [0.717, 1.165) is 5.16 Å². The highest BCUT2D eigenvalue weighted by atomic mass is 32.2. The Kier molecular flexibility index (Phi) is 5.03. The van der Waals surface area contributed by atoms with Crippen molar-refractivity contribution < 1.29 is 9.84 Å². The molecule has 1 rings (SSSR count). The SMILES string of the molecule is COCC(N)C(CO)Sc1ncnn1C. The van der Waals surface area contributed by atoms with Crippen LogP contribution in [0.25, 0.3) is 0 Å². The minimum absolute atomic E-state index is 0.0119. The number of thioether (sulfide) groups is 1. The predicted molar refractivity (Wildman–Crippen MR) is 57.6 cm³/mol. The number of rotatable bonds is 6. The summed E-state index contributed by atoms with van der Waals surface area (Å²) in [4.78, 5) is 4.05. The summed E-state index contributed by atoms with van der Waals surface area (Å²) in [6, 6.07) is -0.221. The van der Waals surface area contributed by atoms with Gasteiger partial charge in [0.25, 0.3) is 0 Å². The number of nitrogens with zero attached hydrogens (tertiary/aromatic N) is 3. The van der Waals surface area contributed by atoms with Gasteiger partial charge in [0, 0.05) is 20.2 Å². The number of aliphatic hydroxyl groups excluding tert-OH is 1. The number of aliphatic hydroxyl groups is 1. The first-order valence-corrected chi connectivity index (χ1v) is 5.43. The third kappa shape index (κ3) is 3.45. The molecule has 0 aliphatic heterocycles. The largest absolute Gasteiger partial charge is 0.395 e. The van der Waals surface area contributed by atoms with Crippen molar-refractivity contribution in [3.8, 4) is 0 Å². The van der Waals surface area contributed by atoms with Crippen molar-refractivity contribution in [3.05, 3.63) is 6.33 Å². The molecule has 0 saturated heterocycles. The van der Waals surface area contributed by atoms with Gasteiger partial charge in [-0.15, -0.1) is 0 Å². The highest BCUT2D eigenvalue weighted by molar-refractivity contribution is 7.99. The van der Waals surface area contributed by atoms with E-state index in [9.17, 15) is 5.11 Å². The zero-order valence-corrected chi connectivity index (χ0v) is 9.65. The zero-order chi connectivity index (χ0) is 11.3. The normalized spacial score (nSPS) is 15.2. The summed E-state index contributed by atoms with van der Waals surface area (Å²) >= 11 is 1.40. The maximum Gasteiger partial charge on any atom is 0.186 e. The first kappa shape index (κ1) is 12.4. The molecule has 0 amide bonds. The molecule has 0 aliphatic carbocycles. The summed E-state index contributed by atoms with van der Waals surface area (Å²) in [7, 11) is 3.38. The van der Waals surface area contributed by atoms with Crippen molar-refractivity contribution in [1.29, 1.82) is 0 Å². The van der Waals surface area contributed by atoms with E-state index in [-0.39, 0.29) is 17.9 Å². The lowest BCUT2D eigenvalue weighted by Gasteiger charge is -2.19. The Morgan fingerprint density at radius 2 is 2.47 bits per heavy atom. The van der Waals surface area contributed by atoms with Crippen LogP contribution in [0, 0.1) is 0 Å². The fraction of sp³-hybridized carbons (Fsp3) is 0.750. The third-order valence-corrected chi connectivity index (χ3v) is 3.33. The van der Waals surface area contributed by atoms with E-state index in [1.165, 1.54) is 18.1 Å². The Bertz CT molecular complexity index is 294. The van der Waals surface area contributed by atoms with Crippen molar-refractivity contribution in [3.63, 3.8) is 0 Å². The average molecular weight is 232 g/mol. The lowest BCUT2D eigenvalue weighted by Crippen LogP contribution is -2.39. The number of ether oxygens (including phenoxy) is 1. The van der Waals surface area contributed by atoms with E-state index in [2.05, 4.69) is 10.1 Å². The Balaban J connectivity index is 2.57. The Hall–Kier alpha value is -0.630. The molecule has 2 unspecified atom stereocenters. The molecular weight excluding hydrogens is 216 g/mol. The number of hydrogen-bond acceptors (Lipinski definition) is 6. The molecule has 0 saturated carbocycles. The standard InChI is InChI=1S/C8H16N4O2S/c1-12-8(10-5-11-12)15-7(3-13)6(9)4-14-2/h5-7,13H,3-4,9H2,1-2H3. The van der Waals surface area contributed by atoms with Crippen LogP contribution in [0.15, 0.2) is 11.5 Å². The third-order valence-electron chi connectivity index (χ3n) is 1.94. The maximum atomic E-state index is 9.20. The van der Waals surface area contributed by atoms with Crippen molar-refractivity contribution in [2.75, 3.05) is 20.3 Å². The monoisotopic (exact) mass is 232 g/mol. The molecule has 1 aromatic heterocycles. The summed E-state index contributed by atoms with van der Waals surface area (Å²) in [5, 5.41) is 13.7. The van der Waals surface area contributed by atoms with Gasteiger partial charge in [0.15, 0.2) is 5.16 Å². The van der Waals surface area contributed by atoms with E-state index in [0.29, 0.717) is 6.61 Å². The van der Waals surface area contributed by atoms with Crippen molar-refractivity contribution in [2.45, 2.75) is 16.4 Å². The summed E-state index contributed by atoms with van der Waals surface area (Å²) in [5.41, 5.74) is 5.84. The molecule has 0 aromatic carbocycles. The summed E-state index contributed by atoms with van der Waals surface area (Å²) in [6.07, 6.45) is 1.47. The Morgan fingerprint density at radius 3 is 2.93 bits per heavy atom. The van der Waals surface area contributed by atoms with Gasteiger partial charge in [0.1, 0.15) is 6.33 Å². The Morgan fingerprint density at radius 1 is 1.73 bits per heavy atom. The van der Waals surface area contributed by atoms with E-state index >= 15 is 0 Å². The van der Waals surface area contributed by atoms with Crippen molar-refractivity contribution >= 4 is 11.8 Å². The molecule has 7 heteroatoms. The second-order valence-electron chi connectivity index (χ2n) is 3.12. The van der Waals surface area contributed by atoms with Crippen LogP contribution < -0.4 is 5.73 Å². The number of aryl methyl sites for hydroxylation is 1. The first-order chi connectivity index (χ1) is 7.19. The summed E-state index contributed by atoms with van der Waals surface area (Å²) < 4.78 is 6.59. The molecule has 15 heavy (non-hydrogen) atoms. The molecule has 1 heterocycles. The van der Waals surface area contributed by atoms with Crippen LogP contribution in [0.5, 0.6) is 0 Å². The van der Waals surface area contributed by atoms with Crippen molar-refractivity contribution in [2.24, 2.45) is 12.8 Å². The molecule has 0 radical (unpaired) electrons. The fourth-order valence-corrected chi connectivity index (χ4v) is 1.99. The van der Waals surface area contributed by atoms with Gasteiger partial charge >= 0.3 is 0 Å². The maximum absolute atomic E-state index is 9.20. The molecular formula is C8H16N4O2S. The van der Waals surface area contributed by atoms with Gasteiger partial charge in [-0.05, 0) is 0 Å². The van der Waals surface area contributed by atoms with Crippen LogP contribution >= 0.6 is 11.8 Å².